The fourth-order valence-corrected chi connectivity index (χ4v) is 5.70. The van der Waals surface area contributed by atoms with E-state index in [0.717, 1.165) is 46.1 Å². The Morgan fingerprint density at radius 1 is 1.14 bits per heavy atom. The lowest BCUT2D eigenvalue weighted by atomic mass is 10.1. The van der Waals surface area contributed by atoms with Gasteiger partial charge in [0.05, 0.1) is 15.1 Å². The van der Waals surface area contributed by atoms with Crippen molar-refractivity contribution in [3.8, 4) is 0 Å². The van der Waals surface area contributed by atoms with E-state index in [1.807, 2.05) is 35.2 Å². The Morgan fingerprint density at radius 2 is 1.89 bits per heavy atom. The first-order chi connectivity index (χ1) is 13.6. The number of carbonyl (C=O) groups is 1. The first-order valence-corrected chi connectivity index (χ1v) is 10.9. The summed E-state index contributed by atoms with van der Waals surface area (Å²) in [5.74, 6) is 0.112. The Morgan fingerprint density at radius 3 is 2.61 bits per heavy atom. The van der Waals surface area contributed by atoms with Crippen LogP contribution in [0.3, 0.4) is 0 Å². The second kappa shape index (κ2) is 8.28. The maximum absolute atomic E-state index is 13.3. The molecule has 0 unspecified atom stereocenters. The van der Waals surface area contributed by atoms with Crippen molar-refractivity contribution in [1.82, 2.24) is 9.88 Å². The maximum atomic E-state index is 13.3. The Kier molecular flexibility index (Phi) is 5.59. The average Bonchev–Trinajstić information content (AvgIpc) is 3.14. The highest BCUT2D eigenvalue weighted by atomic mass is 32.2. The molecular weight excluding hydrogens is 394 g/mol. The highest BCUT2D eigenvalue weighted by Crippen LogP contribution is 2.41. The molecule has 1 aromatic heterocycles. The number of nitro groups is 1. The Bertz CT molecular complexity index is 1000. The summed E-state index contributed by atoms with van der Waals surface area (Å²) in [7, 11) is 0. The smallest absolute Gasteiger partial charge is 0.270 e. The monoisotopic (exact) mass is 413 g/mol. The molecule has 3 aromatic rings. The molecule has 6 nitrogen and oxygen atoms in total. The molecule has 1 fully saturated rings. The topological polar surface area (TPSA) is 76.3 Å². The van der Waals surface area contributed by atoms with E-state index in [1.165, 1.54) is 35.6 Å². The molecule has 28 heavy (non-hydrogen) atoms. The number of hydrogen-bond acceptors (Lipinski definition) is 6. The van der Waals surface area contributed by atoms with Crippen LogP contribution in [0.15, 0.2) is 52.9 Å². The van der Waals surface area contributed by atoms with Crippen LogP contribution < -0.4 is 0 Å². The number of thiazole rings is 1. The van der Waals surface area contributed by atoms with Gasteiger partial charge in [0, 0.05) is 25.2 Å². The minimum absolute atomic E-state index is 0.0525. The molecule has 0 aliphatic carbocycles. The molecule has 1 amide bonds. The number of nitrogens with zero attached hydrogens (tertiary/aromatic N) is 3. The van der Waals surface area contributed by atoms with E-state index >= 15 is 0 Å². The molecule has 0 N–H and O–H groups in total. The van der Waals surface area contributed by atoms with Crippen LogP contribution in [0.5, 0.6) is 0 Å². The summed E-state index contributed by atoms with van der Waals surface area (Å²) in [6.45, 7) is 1.60. The Hall–Kier alpha value is -2.45. The summed E-state index contributed by atoms with van der Waals surface area (Å²) >= 11 is 2.82. The van der Waals surface area contributed by atoms with E-state index in [2.05, 4.69) is 4.98 Å². The lowest BCUT2D eigenvalue weighted by Crippen LogP contribution is -2.38. The largest absolute Gasteiger partial charge is 0.341 e. The number of amides is 1. The number of non-ortho nitro benzene ring substituents is 1. The second-order valence-corrected chi connectivity index (χ2v) is 9.07. The number of hydrogen-bond donors (Lipinski definition) is 0. The number of carbonyl (C=O) groups excluding carboxylic acids is 1. The summed E-state index contributed by atoms with van der Waals surface area (Å²) in [5, 5.41) is 10.6. The molecule has 1 aliphatic heterocycles. The van der Waals surface area contributed by atoms with Gasteiger partial charge in [-0.3, -0.25) is 14.9 Å². The van der Waals surface area contributed by atoms with Crippen molar-refractivity contribution in [2.45, 2.75) is 28.9 Å². The average molecular weight is 414 g/mol. The number of fused-ring (bicyclic) bond motifs is 1. The zero-order valence-corrected chi connectivity index (χ0v) is 16.7. The summed E-state index contributed by atoms with van der Waals surface area (Å²) in [6.07, 6.45) is 3.26. The van der Waals surface area contributed by atoms with Gasteiger partial charge in [-0.05, 0) is 30.9 Å². The van der Waals surface area contributed by atoms with Gasteiger partial charge in [0.1, 0.15) is 5.25 Å². The molecule has 1 atom stereocenters. The summed E-state index contributed by atoms with van der Waals surface area (Å²) in [4.78, 5) is 30.4. The third-order valence-corrected chi connectivity index (χ3v) is 7.13. The molecule has 2 aromatic carbocycles. The van der Waals surface area contributed by atoms with Gasteiger partial charge in [-0.1, -0.05) is 42.1 Å². The van der Waals surface area contributed by atoms with Crippen molar-refractivity contribution in [3.63, 3.8) is 0 Å². The first kappa shape index (κ1) is 18.9. The molecule has 8 heteroatoms. The number of piperidine rings is 1. The SMILES string of the molecule is O=C([C@@H](Sc1nc2ccc([N+](=O)[O-])cc2s1)c1ccccc1)N1CCCCC1. The van der Waals surface area contributed by atoms with Gasteiger partial charge in [-0.2, -0.15) is 0 Å². The molecule has 1 saturated heterocycles. The van der Waals surface area contributed by atoms with Gasteiger partial charge in [0.25, 0.3) is 5.69 Å². The minimum Gasteiger partial charge on any atom is -0.341 e. The molecule has 0 radical (unpaired) electrons. The van der Waals surface area contributed by atoms with Gasteiger partial charge in [0.2, 0.25) is 5.91 Å². The van der Waals surface area contributed by atoms with Crippen molar-refractivity contribution in [2.24, 2.45) is 0 Å². The fraction of sp³-hybridized carbons (Fsp3) is 0.300. The Labute approximate surface area is 170 Å². The zero-order valence-electron chi connectivity index (χ0n) is 15.1. The molecule has 0 saturated carbocycles. The molecule has 0 spiro atoms. The van der Waals surface area contributed by atoms with E-state index in [4.69, 9.17) is 0 Å². The summed E-state index contributed by atoms with van der Waals surface area (Å²) < 4.78 is 1.50. The summed E-state index contributed by atoms with van der Waals surface area (Å²) in [5.41, 5.74) is 1.72. The normalized spacial score (nSPS) is 15.5. The van der Waals surface area contributed by atoms with Gasteiger partial charge >= 0.3 is 0 Å². The standard InChI is InChI=1S/C20H19N3O3S2/c24-19(22-11-5-2-6-12-22)18(14-7-3-1-4-8-14)28-20-21-16-10-9-15(23(25)26)13-17(16)27-20/h1,3-4,7-10,13,18H,2,5-6,11-12H2/t18-/m0/s1. The van der Waals surface area contributed by atoms with Crippen LogP contribution in [0.4, 0.5) is 5.69 Å². The maximum Gasteiger partial charge on any atom is 0.270 e. The minimum atomic E-state index is -0.404. The third-order valence-electron chi connectivity index (χ3n) is 4.78. The quantitative estimate of drug-likeness (QED) is 0.332. The summed E-state index contributed by atoms with van der Waals surface area (Å²) in [6, 6.07) is 14.4. The van der Waals surface area contributed by atoms with Crippen molar-refractivity contribution in [3.05, 3.63) is 64.2 Å². The number of nitro benzene ring substituents is 1. The third kappa shape index (κ3) is 4.02. The van der Waals surface area contributed by atoms with Crippen LogP contribution in [0, 0.1) is 10.1 Å². The van der Waals surface area contributed by atoms with E-state index in [1.54, 1.807) is 12.1 Å². The van der Waals surface area contributed by atoms with E-state index in [9.17, 15) is 14.9 Å². The van der Waals surface area contributed by atoms with Gasteiger partial charge in [-0.25, -0.2) is 4.98 Å². The zero-order chi connectivity index (χ0) is 19.5. The second-order valence-electron chi connectivity index (χ2n) is 6.68. The van der Waals surface area contributed by atoms with Crippen LogP contribution in [0.25, 0.3) is 10.2 Å². The highest BCUT2D eigenvalue weighted by molar-refractivity contribution is 8.02. The number of benzene rings is 2. The Balaban J connectivity index is 1.64. The van der Waals surface area contributed by atoms with Crippen LogP contribution in [0.2, 0.25) is 0 Å². The molecule has 2 heterocycles. The highest BCUT2D eigenvalue weighted by Gasteiger charge is 2.29. The first-order valence-electron chi connectivity index (χ1n) is 9.17. The lowest BCUT2D eigenvalue weighted by molar-refractivity contribution is -0.384. The predicted molar refractivity (Wildman–Crippen MR) is 112 cm³/mol. The number of thioether (sulfide) groups is 1. The van der Waals surface area contributed by atoms with Crippen molar-refractivity contribution < 1.29 is 9.72 Å². The van der Waals surface area contributed by atoms with Crippen LogP contribution >= 0.6 is 23.1 Å². The number of rotatable bonds is 5. The van der Waals surface area contributed by atoms with Crippen molar-refractivity contribution in [2.75, 3.05) is 13.1 Å². The van der Waals surface area contributed by atoms with Crippen molar-refractivity contribution in [1.29, 1.82) is 0 Å². The predicted octanol–water partition coefficient (Wildman–Crippen LogP) is 5.05. The van der Waals surface area contributed by atoms with E-state index < -0.39 is 4.92 Å². The van der Waals surface area contributed by atoms with Gasteiger partial charge < -0.3 is 4.90 Å². The molecule has 144 valence electrons. The van der Waals surface area contributed by atoms with E-state index in [-0.39, 0.29) is 16.8 Å². The van der Waals surface area contributed by atoms with Crippen LogP contribution in [-0.4, -0.2) is 33.8 Å². The molecule has 0 bridgehead atoms. The fourth-order valence-electron chi connectivity index (χ4n) is 3.33. The number of likely N-dealkylation sites (tertiary alicyclic amines) is 1. The van der Waals surface area contributed by atoms with E-state index in [0.29, 0.717) is 0 Å². The van der Waals surface area contributed by atoms with Crippen LogP contribution in [0.1, 0.15) is 30.1 Å². The van der Waals surface area contributed by atoms with Gasteiger partial charge in [-0.15, -0.1) is 11.3 Å². The van der Waals surface area contributed by atoms with Crippen LogP contribution in [-0.2, 0) is 4.79 Å². The van der Waals surface area contributed by atoms with Crippen molar-refractivity contribution >= 4 is 44.9 Å². The molecule has 4 rings (SSSR count). The number of aromatic nitrogens is 1. The molecule has 1 aliphatic rings. The molecular formula is C20H19N3O3S2. The van der Waals surface area contributed by atoms with Gasteiger partial charge in [0.15, 0.2) is 4.34 Å². The lowest BCUT2D eigenvalue weighted by Gasteiger charge is -2.30.